The second-order valence-corrected chi connectivity index (χ2v) is 9.76. The van der Waals surface area contributed by atoms with E-state index in [1.54, 1.807) is 6.07 Å². The summed E-state index contributed by atoms with van der Waals surface area (Å²) < 4.78 is 40.4. The van der Waals surface area contributed by atoms with Crippen molar-refractivity contribution in [2.24, 2.45) is 11.8 Å². The Balaban J connectivity index is 1.53. The van der Waals surface area contributed by atoms with Gasteiger partial charge in [0.2, 0.25) is 17.7 Å². The number of alkyl halides is 3. The van der Waals surface area contributed by atoms with E-state index in [9.17, 15) is 27.6 Å². The van der Waals surface area contributed by atoms with Crippen LogP contribution in [0.15, 0.2) is 36.4 Å². The van der Waals surface area contributed by atoms with Gasteiger partial charge in [-0.3, -0.25) is 19.3 Å². The number of hydrogen-bond acceptors (Lipinski definition) is 4. The van der Waals surface area contributed by atoms with E-state index in [2.05, 4.69) is 5.32 Å². The molecule has 2 aromatic carbocycles. The summed E-state index contributed by atoms with van der Waals surface area (Å²) in [6, 6.07) is 8.14. The summed E-state index contributed by atoms with van der Waals surface area (Å²) in [5.74, 6) is -3.46. The smallest absolute Gasteiger partial charge is 0.324 e. The van der Waals surface area contributed by atoms with Crippen LogP contribution in [0.3, 0.4) is 0 Å². The molecular weight excluding hydrogens is 471 g/mol. The molecule has 0 radical (unpaired) electrons. The van der Waals surface area contributed by atoms with Crippen LogP contribution in [0, 0.1) is 18.8 Å². The lowest BCUT2D eigenvalue weighted by Gasteiger charge is -2.36. The quantitative estimate of drug-likeness (QED) is 0.612. The third kappa shape index (κ3) is 2.54. The Kier molecular flexibility index (Phi) is 4.34. The van der Waals surface area contributed by atoms with E-state index in [1.807, 2.05) is 24.0 Å². The zero-order chi connectivity index (χ0) is 24.2. The number of benzene rings is 2. The molecule has 3 amide bonds. The summed E-state index contributed by atoms with van der Waals surface area (Å²) in [6.07, 6.45) is -3.37. The largest absolute Gasteiger partial charge is 0.417 e. The fourth-order valence-corrected chi connectivity index (χ4v) is 6.67. The van der Waals surface area contributed by atoms with E-state index in [4.69, 9.17) is 11.6 Å². The van der Waals surface area contributed by atoms with Crippen molar-refractivity contribution in [2.75, 3.05) is 16.8 Å². The molecule has 4 atom stereocenters. The molecule has 3 saturated heterocycles. The van der Waals surface area contributed by atoms with Crippen molar-refractivity contribution >= 4 is 40.7 Å². The first-order valence-corrected chi connectivity index (χ1v) is 11.4. The molecule has 1 N–H and O–H groups in total. The van der Waals surface area contributed by atoms with Gasteiger partial charge in [-0.05, 0) is 50.6 Å². The lowest BCUT2D eigenvalue weighted by molar-refractivity contribution is -0.137. The van der Waals surface area contributed by atoms with E-state index >= 15 is 0 Å². The van der Waals surface area contributed by atoms with Crippen LogP contribution in [0.1, 0.15) is 29.5 Å². The number of nitrogens with one attached hydrogen (secondary N) is 1. The van der Waals surface area contributed by atoms with Gasteiger partial charge in [0.05, 0.1) is 28.1 Å². The Morgan fingerprint density at radius 2 is 1.85 bits per heavy atom. The van der Waals surface area contributed by atoms with Gasteiger partial charge in [0.15, 0.2) is 0 Å². The number of carbonyl (C=O) groups excluding carboxylic acids is 3. The van der Waals surface area contributed by atoms with Gasteiger partial charge in [0, 0.05) is 17.3 Å². The first-order valence-electron chi connectivity index (χ1n) is 11.0. The van der Waals surface area contributed by atoms with Gasteiger partial charge in [0.1, 0.15) is 5.54 Å². The summed E-state index contributed by atoms with van der Waals surface area (Å²) in [7, 11) is 0. The summed E-state index contributed by atoms with van der Waals surface area (Å²) in [6.45, 7) is 2.43. The predicted octanol–water partition coefficient (Wildman–Crippen LogP) is 4.10. The molecule has 4 aliphatic heterocycles. The molecule has 0 bridgehead atoms. The minimum atomic E-state index is -4.75. The van der Waals surface area contributed by atoms with Crippen molar-refractivity contribution in [3.8, 4) is 0 Å². The van der Waals surface area contributed by atoms with Gasteiger partial charge in [-0.15, -0.1) is 0 Å². The second kappa shape index (κ2) is 6.82. The zero-order valence-electron chi connectivity index (χ0n) is 17.9. The molecule has 0 aromatic heterocycles. The molecule has 6 rings (SSSR count). The van der Waals surface area contributed by atoms with Crippen LogP contribution in [0.5, 0.6) is 0 Å². The Labute approximate surface area is 197 Å². The lowest BCUT2D eigenvalue weighted by atomic mass is 9.75. The minimum Gasteiger partial charge on any atom is -0.324 e. The monoisotopic (exact) mass is 489 g/mol. The van der Waals surface area contributed by atoms with E-state index in [0.717, 1.165) is 29.0 Å². The average molecular weight is 490 g/mol. The van der Waals surface area contributed by atoms with Crippen LogP contribution >= 0.6 is 11.6 Å². The van der Waals surface area contributed by atoms with Gasteiger partial charge in [-0.25, -0.2) is 4.90 Å². The van der Waals surface area contributed by atoms with Crippen LogP contribution in [0.2, 0.25) is 5.02 Å². The first-order chi connectivity index (χ1) is 16.1. The van der Waals surface area contributed by atoms with Crippen molar-refractivity contribution in [3.05, 3.63) is 58.1 Å². The molecule has 10 heteroatoms. The molecular formula is C24H19ClF3N3O3. The Morgan fingerprint density at radius 1 is 1.09 bits per heavy atom. The molecule has 176 valence electrons. The molecule has 1 spiro atoms. The Hall–Kier alpha value is -2.91. The van der Waals surface area contributed by atoms with Crippen LogP contribution in [-0.2, 0) is 26.1 Å². The van der Waals surface area contributed by atoms with Crippen molar-refractivity contribution in [1.82, 2.24) is 4.90 Å². The highest BCUT2D eigenvalue weighted by Crippen LogP contribution is 2.60. The number of imide groups is 1. The van der Waals surface area contributed by atoms with Crippen LogP contribution in [0.25, 0.3) is 0 Å². The molecule has 2 aromatic rings. The number of nitrogens with zero attached hydrogens (tertiary/aromatic N) is 2. The van der Waals surface area contributed by atoms with Gasteiger partial charge in [0.25, 0.3) is 0 Å². The van der Waals surface area contributed by atoms with E-state index < -0.39 is 46.0 Å². The standard InChI is InChI=1S/C24H19ClF3N3O3/c1-11-4-7-16-14(9-11)23(22(34)29-16)19-18(17-3-2-8-30(17)23)20(32)31(21(19)33)12-5-6-15(25)13(10-12)24(26,27)28/h4-7,9-10,17-19H,2-3,8H2,1H3,(H,29,34). The summed E-state index contributed by atoms with van der Waals surface area (Å²) in [4.78, 5) is 43.9. The number of aryl methyl sites for hydroxylation is 1. The molecule has 4 aliphatic rings. The maximum Gasteiger partial charge on any atom is 0.417 e. The van der Waals surface area contributed by atoms with Gasteiger partial charge < -0.3 is 5.32 Å². The molecule has 0 aliphatic carbocycles. The second-order valence-electron chi connectivity index (χ2n) is 9.35. The Morgan fingerprint density at radius 3 is 2.59 bits per heavy atom. The highest BCUT2D eigenvalue weighted by atomic mass is 35.5. The molecule has 6 nitrogen and oxygen atoms in total. The topological polar surface area (TPSA) is 69.7 Å². The van der Waals surface area contributed by atoms with Crippen molar-refractivity contribution < 1.29 is 27.6 Å². The lowest BCUT2D eigenvalue weighted by Crippen LogP contribution is -2.54. The summed E-state index contributed by atoms with van der Waals surface area (Å²) in [5.41, 5.74) is -0.549. The molecule has 34 heavy (non-hydrogen) atoms. The van der Waals surface area contributed by atoms with Crippen molar-refractivity contribution in [3.63, 3.8) is 0 Å². The van der Waals surface area contributed by atoms with Crippen LogP contribution in [0.4, 0.5) is 24.5 Å². The molecule has 0 saturated carbocycles. The summed E-state index contributed by atoms with van der Waals surface area (Å²) in [5, 5.41) is 2.36. The van der Waals surface area contributed by atoms with E-state index in [-0.39, 0.29) is 17.6 Å². The fourth-order valence-electron chi connectivity index (χ4n) is 6.44. The molecule has 4 unspecified atom stereocenters. The SMILES string of the molecule is Cc1ccc2c(c1)C1(C(=O)N2)C2C(=O)N(c3ccc(Cl)c(C(F)(F)F)c3)C(=O)C2C2CCCN21. The number of fused-ring (bicyclic) bond motifs is 7. The molecule has 3 fully saturated rings. The predicted molar refractivity (Wildman–Crippen MR) is 117 cm³/mol. The fraction of sp³-hybridized carbons (Fsp3) is 0.375. The zero-order valence-corrected chi connectivity index (χ0v) is 18.7. The average Bonchev–Trinajstić information content (AvgIpc) is 3.47. The highest BCUT2D eigenvalue weighted by Gasteiger charge is 2.74. The van der Waals surface area contributed by atoms with Crippen LogP contribution in [-0.4, -0.2) is 35.2 Å². The van der Waals surface area contributed by atoms with Gasteiger partial charge in [-0.1, -0.05) is 29.3 Å². The Bertz CT molecular complexity index is 1300. The van der Waals surface area contributed by atoms with Gasteiger partial charge in [-0.2, -0.15) is 13.2 Å². The van der Waals surface area contributed by atoms with Crippen LogP contribution < -0.4 is 10.2 Å². The van der Waals surface area contributed by atoms with Crippen molar-refractivity contribution in [1.29, 1.82) is 0 Å². The maximum atomic E-state index is 13.9. The third-order valence-electron chi connectivity index (χ3n) is 7.66. The summed E-state index contributed by atoms with van der Waals surface area (Å²) >= 11 is 5.75. The van der Waals surface area contributed by atoms with Gasteiger partial charge >= 0.3 is 6.18 Å². The minimum absolute atomic E-state index is 0.191. The van der Waals surface area contributed by atoms with E-state index in [1.165, 1.54) is 6.07 Å². The highest BCUT2D eigenvalue weighted by molar-refractivity contribution is 6.32. The number of anilines is 2. The van der Waals surface area contributed by atoms with Crippen molar-refractivity contribution in [2.45, 2.75) is 37.5 Å². The number of amides is 3. The molecule has 4 heterocycles. The number of hydrogen-bond donors (Lipinski definition) is 1. The maximum absolute atomic E-state index is 13.9. The normalized spacial score (nSPS) is 30.2. The third-order valence-corrected chi connectivity index (χ3v) is 7.99. The number of halogens is 4. The van der Waals surface area contributed by atoms with E-state index in [0.29, 0.717) is 24.2 Å². The first kappa shape index (κ1) is 21.6. The number of rotatable bonds is 1. The number of carbonyl (C=O) groups is 3.